The van der Waals surface area contributed by atoms with Gasteiger partial charge in [-0.1, -0.05) is 25.0 Å². The van der Waals surface area contributed by atoms with Crippen molar-refractivity contribution in [2.24, 2.45) is 11.8 Å². The number of carbonyl (C=O) groups is 2. The van der Waals surface area contributed by atoms with Gasteiger partial charge in [0.25, 0.3) is 0 Å². The summed E-state index contributed by atoms with van der Waals surface area (Å²) in [6.45, 7) is 0.768. The molecule has 0 aromatic heterocycles. The Morgan fingerprint density at radius 2 is 1.76 bits per heavy atom. The third kappa shape index (κ3) is 3.97. The number of rotatable bonds is 4. The number of carbonyl (C=O) groups excluding carboxylic acids is 1. The molecule has 3 atom stereocenters. The molecule has 1 heterocycles. The Labute approximate surface area is 149 Å². The van der Waals surface area contributed by atoms with Gasteiger partial charge in [0.1, 0.15) is 5.75 Å². The smallest absolute Gasteiger partial charge is 0.306 e. The van der Waals surface area contributed by atoms with Gasteiger partial charge in [-0.05, 0) is 49.8 Å². The predicted octanol–water partition coefficient (Wildman–Crippen LogP) is 3.64. The van der Waals surface area contributed by atoms with Gasteiger partial charge in [-0.15, -0.1) is 0 Å². The van der Waals surface area contributed by atoms with Crippen LogP contribution < -0.4 is 4.74 Å². The molecule has 2 aliphatic rings. The Hall–Kier alpha value is -2.04. The molecule has 1 aromatic carbocycles. The first kappa shape index (κ1) is 17.8. The van der Waals surface area contributed by atoms with E-state index in [1.807, 2.05) is 29.2 Å². The highest BCUT2D eigenvalue weighted by Crippen LogP contribution is 2.37. The number of benzene rings is 1. The van der Waals surface area contributed by atoms with E-state index in [-0.39, 0.29) is 23.8 Å². The van der Waals surface area contributed by atoms with Crippen LogP contribution in [0.15, 0.2) is 24.3 Å². The zero-order valence-corrected chi connectivity index (χ0v) is 14.8. The lowest BCUT2D eigenvalue weighted by atomic mass is 9.97. The number of hydrogen-bond acceptors (Lipinski definition) is 3. The zero-order valence-electron chi connectivity index (χ0n) is 14.8. The molecule has 1 amide bonds. The van der Waals surface area contributed by atoms with E-state index in [0.29, 0.717) is 19.3 Å². The summed E-state index contributed by atoms with van der Waals surface area (Å²) < 4.78 is 5.23. The summed E-state index contributed by atoms with van der Waals surface area (Å²) in [7, 11) is 1.65. The van der Waals surface area contributed by atoms with E-state index in [1.54, 1.807) is 7.11 Å². The summed E-state index contributed by atoms with van der Waals surface area (Å²) >= 11 is 0. The normalized spacial score (nSPS) is 26.9. The molecule has 1 aromatic rings. The lowest BCUT2D eigenvalue weighted by Crippen LogP contribution is -2.38. The number of aliphatic carboxylic acids is 1. The molecule has 0 radical (unpaired) electrons. The van der Waals surface area contributed by atoms with Crippen molar-refractivity contribution in [3.8, 4) is 5.75 Å². The maximum Gasteiger partial charge on any atom is 0.306 e. The van der Waals surface area contributed by atoms with Gasteiger partial charge >= 0.3 is 5.97 Å². The molecule has 136 valence electrons. The third-order valence-corrected chi connectivity index (χ3v) is 5.67. The molecule has 1 unspecified atom stereocenters. The summed E-state index contributed by atoms with van der Waals surface area (Å²) in [5.41, 5.74) is 1.14. The van der Waals surface area contributed by atoms with Crippen molar-refractivity contribution < 1.29 is 19.4 Å². The van der Waals surface area contributed by atoms with E-state index in [1.165, 1.54) is 0 Å². The zero-order chi connectivity index (χ0) is 17.8. The Kier molecular flexibility index (Phi) is 5.61. The summed E-state index contributed by atoms with van der Waals surface area (Å²) in [5.74, 6) is -0.306. The van der Waals surface area contributed by atoms with Crippen LogP contribution in [0.2, 0.25) is 0 Å². The molecule has 2 fully saturated rings. The average Bonchev–Trinajstić information content (AvgIpc) is 3.00. The summed E-state index contributed by atoms with van der Waals surface area (Å²) in [6, 6.07) is 8.07. The molecule has 1 aliphatic carbocycles. The van der Waals surface area contributed by atoms with Gasteiger partial charge in [0.2, 0.25) is 5.91 Å². The van der Waals surface area contributed by atoms with Crippen LogP contribution in [0.4, 0.5) is 0 Å². The molecule has 5 nitrogen and oxygen atoms in total. The molecule has 1 aliphatic heterocycles. The van der Waals surface area contributed by atoms with Crippen molar-refractivity contribution in [1.29, 1.82) is 0 Å². The number of amides is 1. The van der Waals surface area contributed by atoms with E-state index >= 15 is 0 Å². The van der Waals surface area contributed by atoms with Crippen molar-refractivity contribution in [3.63, 3.8) is 0 Å². The fourth-order valence-corrected chi connectivity index (χ4v) is 4.21. The van der Waals surface area contributed by atoms with Crippen molar-refractivity contribution >= 4 is 11.9 Å². The number of carboxylic acids is 1. The van der Waals surface area contributed by atoms with Crippen molar-refractivity contribution in [2.45, 2.75) is 51.0 Å². The maximum atomic E-state index is 13.1. The third-order valence-electron chi connectivity index (χ3n) is 5.67. The average molecular weight is 345 g/mol. The van der Waals surface area contributed by atoms with E-state index in [0.717, 1.165) is 43.5 Å². The minimum Gasteiger partial charge on any atom is -0.497 e. The second-order valence-corrected chi connectivity index (χ2v) is 7.22. The van der Waals surface area contributed by atoms with Gasteiger partial charge in [0.05, 0.1) is 19.1 Å². The molecule has 3 rings (SSSR count). The Morgan fingerprint density at radius 3 is 2.40 bits per heavy atom. The molecule has 1 N–H and O–H groups in total. The molecule has 5 heteroatoms. The number of ether oxygens (including phenoxy) is 1. The minimum atomic E-state index is -0.766. The second kappa shape index (κ2) is 7.89. The van der Waals surface area contributed by atoms with Crippen LogP contribution in [0, 0.1) is 11.8 Å². The maximum absolute atomic E-state index is 13.1. The molecule has 0 bridgehead atoms. The van der Waals surface area contributed by atoms with Gasteiger partial charge in [0.15, 0.2) is 0 Å². The summed E-state index contributed by atoms with van der Waals surface area (Å²) in [4.78, 5) is 26.4. The molecule has 25 heavy (non-hydrogen) atoms. The van der Waals surface area contributed by atoms with Gasteiger partial charge in [-0.2, -0.15) is 0 Å². The molecular weight excluding hydrogens is 318 g/mol. The van der Waals surface area contributed by atoms with E-state index in [9.17, 15) is 14.7 Å². The number of hydrogen-bond donors (Lipinski definition) is 1. The van der Waals surface area contributed by atoms with Crippen LogP contribution in [0.1, 0.15) is 56.6 Å². The number of methoxy groups -OCH3 is 1. The van der Waals surface area contributed by atoms with Crippen LogP contribution in [0.3, 0.4) is 0 Å². The van der Waals surface area contributed by atoms with E-state index < -0.39 is 5.97 Å². The quantitative estimate of drug-likeness (QED) is 0.905. The molecule has 0 spiro atoms. The van der Waals surface area contributed by atoms with Crippen molar-refractivity contribution in [2.75, 3.05) is 13.7 Å². The monoisotopic (exact) mass is 345 g/mol. The Bertz CT molecular complexity index is 613. The Balaban J connectivity index is 1.78. The second-order valence-electron chi connectivity index (χ2n) is 7.22. The van der Waals surface area contributed by atoms with Crippen LogP contribution in [-0.2, 0) is 9.59 Å². The fourth-order valence-electron chi connectivity index (χ4n) is 4.21. The van der Waals surface area contributed by atoms with Gasteiger partial charge in [0, 0.05) is 12.5 Å². The minimum absolute atomic E-state index is 0.0878. The Morgan fingerprint density at radius 1 is 1.04 bits per heavy atom. The number of nitrogens with zero attached hydrogens (tertiary/aromatic N) is 1. The highest BCUT2D eigenvalue weighted by molar-refractivity contribution is 5.81. The first-order chi connectivity index (χ1) is 12.1. The largest absolute Gasteiger partial charge is 0.497 e. The van der Waals surface area contributed by atoms with E-state index in [2.05, 4.69) is 0 Å². The fraction of sp³-hybridized carbons (Fsp3) is 0.600. The molecule has 1 saturated carbocycles. The lowest BCUT2D eigenvalue weighted by molar-refractivity contribution is -0.142. The topological polar surface area (TPSA) is 66.8 Å². The lowest BCUT2D eigenvalue weighted by Gasteiger charge is -2.32. The number of carboxylic acid groups (broad SMARTS) is 1. The summed E-state index contributed by atoms with van der Waals surface area (Å²) in [6.07, 6.45) is 6.04. The SMILES string of the molecule is COc1ccc(C2CCCCCN2C(=O)[C@@H]2CC[C@H](C(=O)O)C2)cc1. The molecular formula is C20H27NO4. The van der Waals surface area contributed by atoms with Gasteiger partial charge in [-0.25, -0.2) is 0 Å². The first-order valence-electron chi connectivity index (χ1n) is 9.27. The highest BCUT2D eigenvalue weighted by atomic mass is 16.5. The highest BCUT2D eigenvalue weighted by Gasteiger charge is 2.38. The van der Waals surface area contributed by atoms with Gasteiger partial charge in [-0.3, -0.25) is 9.59 Å². The van der Waals surface area contributed by atoms with Crippen molar-refractivity contribution in [1.82, 2.24) is 4.90 Å². The van der Waals surface area contributed by atoms with Gasteiger partial charge < -0.3 is 14.7 Å². The van der Waals surface area contributed by atoms with Crippen LogP contribution in [0.25, 0.3) is 0 Å². The molecule has 1 saturated heterocycles. The van der Waals surface area contributed by atoms with Crippen LogP contribution in [0.5, 0.6) is 5.75 Å². The predicted molar refractivity (Wildman–Crippen MR) is 94.4 cm³/mol. The first-order valence-corrected chi connectivity index (χ1v) is 9.27. The van der Waals surface area contributed by atoms with Crippen molar-refractivity contribution in [3.05, 3.63) is 29.8 Å². The number of likely N-dealkylation sites (tertiary alicyclic amines) is 1. The van der Waals surface area contributed by atoms with Crippen LogP contribution in [-0.4, -0.2) is 35.5 Å². The van der Waals surface area contributed by atoms with Crippen LogP contribution >= 0.6 is 0 Å². The van der Waals surface area contributed by atoms with E-state index in [4.69, 9.17) is 4.74 Å². The standard InChI is InChI=1S/C20H27NO4/c1-25-17-10-8-14(9-11-17)18-5-3-2-4-12-21(18)19(22)15-6-7-16(13-15)20(23)24/h8-11,15-16,18H,2-7,12-13H2,1H3,(H,23,24)/t15-,16+,18?/m1/s1. The summed E-state index contributed by atoms with van der Waals surface area (Å²) in [5, 5.41) is 9.21.